The Bertz CT molecular complexity index is 819. The summed E-state index contributed by atoms with van der Waals surface area (Å²) in [4.78, 5) is 4.58. The first-order chi connectivity index (χ1) is 11.2. The average molecular weight is 341 g/mol. The van der Waals surface area contributed by atoms with Gasteiger partial charge < -0.3 is 4.74 Å². The minimum Gasteiger partial charge on any atom is -0.487 e. The summed E-state index contributed by atoms with van der Waals surface area (Å²) in [7, 11) is 0. The number of thiazole rings is 1. The molecule has 2 aromatic carbocycles. The van der Waals surface area contributed by atoms with Crippen LogP contribution in [-0.2, 0) is 13.0 Å². The van der Waals surface area contributed by atoms with Gasteiger partial charge in [0.15, 0.2) is 0 Å². The van der Waals surface area contributed by atoms with E-state index in [1.807, 2.05) is 29.6 Å². The van der Waals surface area contributed by atoms with Gasteiger partial charge in [-0.2, -0.15) is 5.26 Å². The smallest absolute Gasteiger partial charge is 0.131 e. The molecule has 0 amide bonds. The summed E-state index contributed by atoms with van der Waals surface area (Å²) in [5.41, 5.74) is 2.71. The van der Waals surface area contributed by atoms with Crippen molar-refractivity contribution in [2.75, 3.05) is 0 Å². The monoisotopic (exact) mass is 340 g/mol. The summed E-state index contributed by atoms with van der Waals surface area (Å²) in [6.45, 7) is 0.420. The molecule has 1 heterocycles. The quantitative estimate of drug-likeness (QED) is 0.667. The van der Waals surface area contributed by atoms with Crippen molar-refractivity contribution >= 4 is 22.9 Å². The Morgan fingerprint density at radius 3 is 2.52 bits per heavy atom. The molecule has 3 rings (SSSR count). The molecule has 0 radical (unpaired) electrons. The molecule has 0 atom stereocenters. The molecule has 23 heavy (non-hydrogen) atoms. The molecule has 3 nitrogen and oxygen atoms in total. The Morgan fingerprint density at radius 1 is 1.09 bits per heavy atom. The highest BCUT2D eigenvalue weighted by molar-refractivity contribution is 7.09. The lowest BCUT2D eigenvalue weighted by Gasteiger charge is -2.03. The number of halogens is 1. The number of benzene rings is 2. The molecule has 0 aliphatic carbocycles. The number of nitrogens with zero attached hydrogens (tertiary/aromatic N) is 2. The normalized spacial score (nSPS) is 10.3. The van der Waals surface area contributed by atoms with Crippen LogP contribution in [0, 0.1) is 11.3 Å². The Kier molecular flexibility index (Phi) is 4.92. The number of hydrogen-bond acceptors (Lipinski definition) is 4. The summed E-state index contributed by atoms with van der Waals surface area (Å²) >= 11 is 7.51. The fraction of sp³-hybridized carbons (Fsp3) is 0.111. The Labute approximate surface area is 143 Å². The van der Waals surface area contributed by atoms with Crippen LogP contribution >= 0.6 is 22.9 Å². The third-order valence-corrected chi connectivity index (χ3v) is 4.39. The van der Waals surface area contributed by atoms with Gasteiger partial charge in [-0.25, -0.2) is 4.98 Å². The number of nitriles is 1. The maximum Gasteiger partial charge on any atom is 0.131 e. The highest BCUT2D eigenvalue weighted by Crippen LogP contribution is 2.19. The van der Waals surface area contributed by atoms with Crippen molar-refractivity contribution in [3.05, 3.63) is 80.8 Å². The van der Waals surface area contributed by atoms with Crippen molar-refractivity contribution in [2.45, 2.75) is 13.0 Å². The fourth-order valence-corrected chi connectivity index (χ4v) is 3.00. The second-order valence-electron chi connectivity index (χ2n) is 4.96. The van der Waals surface area contributed by atoms with Crippen LogP contribution in [0.15, 0.2) is 53.9 Å². The van der Waals surface area contributed by atoms with E-state index in [2.05, 4.69) is 11.1 Å². The van der Waals surface area contributed by atoms with Crippen LogP contribution in [0.25, 0.3) is 0 Å². The maximum absolute atomic E-state index is 8.77. The molecule has 5 heteroatoms. The van der Waals surface area contributed by atoms with E-state index in [0.29, 0.717) is 12.2 Å². The molecular weight excluding hydrogens is 328 g/mol. The van der Waals surface area contributed by atoms with Crippen molar-refractivity contribution in [3.63, 3.8) is 0 Å². The molecule has 0 N–H and O–H groups in total. The predicted molar refractivity (Wildman–Crippen MR) is 91.9 cm³/mol. The van der Waals surface area contributed by atoms with E-state index in [1.165, 1.54) is 5.56 Å². The zero-order chi connectivity index (χ0) is 16.1. The first-order valence-corrected chi connectivity index (χ1v) is 8.29. The number of ether oxygens (including phenoxy) is 1. The van der Waals surface area contributed by atoms with Crippen LogP contribution < -0.4 is 4.74 Å². The summed E-state index contributed by atoms with van der Waals surface area (Å²) in [5, 5.41) is 12.6. The third-order valence-electron chi connectivity index (χ3n) is 3.24. The van der Waals surface area contributed by atoms with Crippen LogP contribution in [0.4, 0.5) is 0 Å². The summed E-state index contributed by atoms with van der Waals surface area (Å²) in [5.74, 6) is 0.733. The molecule has 0 unspecified atom stereocenters. The minimum atomic E-state index is 0.420. The van der Waals surface area contributed by atoms with Gasteiger partial charge in [-0.3, -0.25) is 0 Å². The summed E-state index contributed by atoms with van der Waals surface area (Å²) in [6.07, 6.45) is 0.790. The number of rotatable bonds is 5. The Morgan fingerprint density at radius 2 is 1.83 bits per heavy atom. The lowest BCUT2D eigenvalue weighted by molar-refractivity contribution is 0.302. The van der Waals surface area contributed by atoms with Gasteiger partial charge in [0.25, 0.3) is 0 Å². The Balaban J connectivity index is 1.58. The van der Waals surface area contributed by atoms with Gasteiger partial charge in [0.2, 0.25) is 0 Å². The summed E-state index contributed by atoms with van der Waals surface area (Å²) < 4.78 is 5.69. The SMILES string of the molecule is N#Cc1ccc(OCc2csc(Cc3ccc(Cl)cc3)n2)cc1. The Hall–Kier alpha value is -2.35. The van der Waals surface area contributed by atoms with E-state index in [-0.39, 0.29) is 0 Å². The second kappa shape index (κ2) is 7.28. The van der Waals surface area contributed by atoms with E-state index in [9.17, 15) is 0 Å². The van der Waals surface area contributed by atoms with Crippen LogP contribution in [0.3, 0.4) is 0 Å². The van der Waals surface area contributed by atoms with Gasteiger partial charge in [-0.05, 0) is 42.0 Å². The summed E-state index contributed by atoms with van der Waals surface area (Å²) in [6, 6.07) is 16.9. The highest BCUT2D eigenvalue weighted by atomic mass is 35.5. The first-order valence-electron chi connectivity index (χ1n) is 7.03. The first kappa shape index (κ1) is 15.5. The largest absolute Gasteiger partial charge is 0.487 e. The van der Waals surface area contributed by atoms with Gasteiger partial charge in [0, 0.05) is 16.8 Å². The molecule has 0 saturated carbocycles. The van der Waals surface area contributed by atoms with Gasteiger partial charge in [0.1, 0.15) is 12.4 Å². The zero-order valence-electron chi connectivity index (χ0n) is 12.2. The third kappa shape index (κ3) is 4.32. The maximum atomic E-state index is 8.77. The predicted octanol–water partition coefficient (Wildman–Crippen LogP) is 4.84. The zero-order valence-corrected chi connectivity index (χ0v) is 13.8. The minimum absolute atomic E-state index is 0.420. The van der Waals surface area contributed by atoms with E-state index in [4.69, 9.17) is 21.6 Å². The molecule has 0 fully saturated rings. The van der Waals surface area contributed by atoms with Crippen molar-refractivity contribution in [3.8, 4) is 11.8 Å². The molecule has 0 bridgehead atoms. The van der Waals surface area contributed by atoms with Crippen molar-refractivity contribution in [2.24, 2.45) is 0 Å². The van der Waals surface area contributed by atoms with Gasteiger partial charge in [-0.1, -0.05) is 23.7 Å². The van der Waals surface area contributed by atoms with E-state index < -0.39 is 0 Å². The second-order valence-corrected chi connectivity index (χ2v) is 6.34. The van der Waals surface area contributed by atoms with Crippen LogP contribution in [-0.4, -0.2) is 4.98 Å². The van der Waals surface area contributed by atoms with Crippen LogP contribution in [0.5, 0.6) is 5.75 Å². The fourth-order valence-electron chi connectivity index (χ4n) is 2.06. The number of aromatic nitrogens is 1. The molecule has 0 aliphatic rings. The molecule has 0 saturated heterocycles. The van der Waals surface area contributed by atoms with E-state index in [1.54, 1.807) is 35.6 Å². The van der Waals surface area contributed by atoms with Crippen LogP contribution in [0.2, 0.25) is 5.02 Å². The molecule has 0 aliphatic heterocycles. The van der Waals surface area contributed by atoms with Gasteiger partial charge in [-0.15, -0.1) is 11.3 Å². The standard InChI is InChI=1S/C18H13ClN2OS/c19-15-5-1-13(2-6-15)9-18-21-16(12-23-18)11-22-17-7-3-14(10-20)4-8-17/h1-8,12H,9,11H2. The average Bonchev–Trinajstić information content (AvgIpc) is 3.03. The molecule has 1 aromatic heterocycles. The molecule has 0 spiro atoms. The van der Waals surface area contributed by atoms with E-state index in [0.717, 1.165) is 27.9 Å². The van der Waals surface area contributed by atoms with Crippen molar-refractivity contribution in [1.82, 2.24) is 4.98 Å². The highest BCUT2D eigenvalue weighted by Gasteiger charge is 2.05. The van der Waals surface area contributed by atoms with Crippen molar-refractivity contribution < 1.29 is 4.74 Å². The van der Waals surface area contributed by atoms with Crippen LogP contribution in [0.1, 0.15) is 21.8 Å². The van der Waals surface area contributed by atoms with Gasteiger partial charge >= 0.3 is 0 Å². The van der Waals surface area contributed by atoms with Crippen molar-refractivity contribution in [1.29, 1.82) is 5.26 Å². The lowest BCUT2D eigenvalue weighted by Crippen LogP contribution is -1.96. The topological polar surface area (TPSA) is 45.9 Å². The van der Waals surface area contributed by atoms with E-state index >= 15 is 0 Å². The molecule has 3 aromatic rings. The molecular formula is C18H13ClN2OS. The number of hydrogen-bond donors (Lipinski definition) is 0. The lowest BCUT2D eigenvalue weighted by atomic mass is 10.2. The molecule has 114 valence electrons. The van der Waals surface area contributed by atoms with Gasteiger partial charge in [0.05, 0.1) is 22.3 Å².